The summed E-state index contributed by atoms with van der Waals surface area (Å²) in [7, 11) is 1.70. The van der Waals surface area contributed by atoms with Crippen LogP contribution in [0.15, 0.2) is 54.7 Å². The molecule has 3 heterocycles. The van der Waals surface area contributed by atoms with Crippen molar-refractivity contribution < 1.29 is 4.74 Å². The van der Waals surface area contributed by atoms with Gasteiger partial charge in [0.1, 0.15) is 5.75 Å². The smallest absolute Gasteiger partial charge is 0.170 e. The molecule has 6 heteroatoms. The molecule has 5 rings (SSSR count). The van der Waals surface area contributed by atoms with Crippen molar-refractivity contribution in [2.45, 2.75) is 70.6 Å². The van der Waals surface area contributed by atoms with Crippen LogP contribution in [0.3, 0.4) is 0 Å². The molecule has 1 aromatic carbocycles. The molecule has 0 spiro atoms. The van der Waals surface area contributed by atoms with E-state index < -0.39 is 0 Å². The molecular formula is C28H34N4OS. The SMILES string of the molecule is COc1ccc(CN2C(=S)N[C@@H](c3ccccn3)[C@@H]2c2cc(C)n(C3CCCCC3)c2C)cc1. The standard InChI is InChI=1S/C28H34N4OS/c1-19-17-24(20(2)32(19)22-9-5-4-6-10-22)27-26(25-11-7-8-16-29-25)30-28(34)31(27)18-21-12-14-23(33-3)15-13-21/h7-8,11-17,22,26-27H,4-6,9-10,18H2,1-3H3,(H,30,34)/t26-,27-/m0/s1. The number of methoxy groups -OCH3 is 1. The maximum Gasteiger partial charge on any atom is 0.170 e. The normalized spacial score (nSPS) is 21.0. The minimum atomic E-state index is 0.00672. The molecule has 2 fully saturated rings. The number of thiocarbonyl (C=S) groups is 1. The number of hydrogen-bond donors (Lipinski definition) is 1. The first-order valence-electron chi connectivity index (χ1n) is 12.4. The summed E-state index contributed by atoms with van der Waals surface area (Å²) in [6.45, 7) is 5.28. The van der Waals surface area contributed by atoms with Crippen molar-refractivity contribution in [1.29, 1.82) is 0 Å². The highest BCUT2D eigenvalue weighted by Gasteiger charge is 2.41. The minimum Gasteiger partial charge on any atom is -0.497 e. The van der Waals surface area contributed by atoms with Crippen molar-refractivity contribution in [3.8, 4) is 5.75 Å². The summed E-state index contributed by atoms with van der Waals surface area (Å²) >= 11 is 5.91. The maximum atomic E-state index is 5.91. The number of rotatable bonds is 6. The first kappa shape index (κ1) is 22.9. The fraction of sp³-hybridized carbons (Fsp3) is 0.429. The number of aryl methyl sites for hydroxylation is 1. The second kappa shape index (κ2) is 9.79. The second-order valence-electron chi connectivity index (χ2n) is 9.59. The van der Waals surface area contributed by atoms with E-state index in [0.717, 1.165) is 23.1 Å². The Morgan fingerprint density at radius 1 is 1.06 bits per heavy atom. The Labute approximate surface area is 208 Å². The lowest BCUT2D eigenvalue weighted by molar-refractivity contribution is 0.306. The van der Waals surface area contributed by atoms with Gasteiger partial charge in [0.25, 0.3) is 0 Å². The largest absolute Gasteiger partial charge is 0.497 e. The van der Waals surface area contributed by atoms with Crippen molar-refractivity contribution in [2.75, 3.05) is 7.11 Å². The van der Waals surface area contributed by atoms with Crippen LogP contribution < -0.4 is 10.1 Å². The number of aromatic nitrogens is 2. The number of hydrogen-bond acceptors (Lipinski definition) is 3. The highest BCUT2D eigenvalue weighted by molar-refractivity contribution is 7.80. The number of nitrogens with one attached hydrogen (secondary N) is 1. The molecule has 34 heavy (non-hydrogen) atoms. The molecule has 2 atom stereocenters. The van der Waals surface area contributed by atoms with Gasteiger partial charge in [-0.3, -0.25) is 4.98 Å². The number of pyridine rings is 1. The third kappa shape index (κ3) is 4.31. The molecule has 1 N–H and O–H groups in total. The zero-order valence-electron chi connectivity index (χ0n) is 20.3. The fourth-order valence-corrected chi connectivity index (χ4v) is 6.15. The van der Waals surface area contributed by atoms with Gasteiger partial charge >= 0.3 is 0 Å². The molecule has 0 radical (unpaired) electrons. The predicted molar refractivity (Wildman–Crippen MR) is 140 cm³/mol. The Morgan fingerprint density at radius 2 is 1.82 bits per heavy atom. The molecule has 2 aromatic heterocycles. The van der Waals surface area contributed by atoms with Crippen molar-refractivity contribution in [2.24, 2.45) is 0 Å². The van der Waals surface area contributed by atoms with Crippen LogP contribution in [0.2, 0.25) is 0 Å². The van der Waals surface area contributed by atoms with Gasteiger partial charge in [-0.2, -0.15) is 0 Å². The molecule has 3 aromatic rings. The van der Waals surface area contributed by atoms with Gasteiger partial charge in [-0.15, -0.1) is 0 Å². The monoisotopic (exact) mass is 474 g/mol. The summed E-state index contributed by atoms with van der Waals surface area (Å²) in [6, 6.07) is 17.5. The van der Waals surface area contributed by atoms with Crippen LogP contribution in [0.25, 0.3) is 0 Å². The van der Waals surface area contributed by atoms with E-state index in [1.165, 1.54) is 54.6 Å². The molecule has 5 nitrogen and oxygen atoms in total. The summed E-state index contributed by atoms with van der Waals surface area (Å²) in [5, 5.41) is 4.38. The zero-order chi connectivity index (χ0) is 23.7. The van der Waals surface area contributed by atoms with Crippen LogP contribution >= 0.6 is 12.2 Å². The Morgan fingerprint density at radius 3 is 2.50 bits per heavy atom. The van der Waals surface area contributed by atoms with Gasteiger partial charge in [0.2, 0.25) is 0 Å². The van der Waals surface area contributed by atoms with Gasteiger partial charge in [0.15, 0.2) is 5.11 Å². The third-order valence-corrected chi connectivity index (χ3v) is 7.84. The average molecular weight is 475 g/mol. The molecule has 0 amide bonds. The van der Waals surface area contributed by atoms with Crippen molar-refractivity contribution in [3.05, 3.63) is 82.9 Å². The molecule has 2 aliphatic rings. The number of ether oxygens (including phenoxy) is 1. The van der Waals surface area contributed by atoms with Crippen LogP contribution in [0, 0.1) is 13.8 Å². The van der Waals surface area contributed by atoms with Gasteiger partial charge in [-0.05, 0) is 80.4 Å². The summed E-state index contributed by atoms with van der Waals surface area (Å²) in [4.78, 5) is 7.05. The lowest BCUT2D eigenvalue weighted by Crippen LogP contribution is -2.29. The predicted octanol–water partition coefficient (Wildman–Crippen LogP) is 6.19. The van der Waals surface area contributed by atoms with E-state index in [2.05, 4.69) is 59.0 Å². The highest BCUT2D eigenvalue weighted by Crippen LogP contribution is 2.43. The highest BCUT2D eigenvalue weighted by atomic mass is 32.1. The van der Waals surface area contributed by atoms with Crippen LogP contribution in [-0.4, -0.2) is 26.7 Å². The van der Waals surface area contributed by atoms with Crippen molar-refractivity contribution in [3.63, 3.8) is 0 Å². The lowest BCUT2D eigenvalue weighted by atomic mass is 9.94. The third-order valence-electron chi connectivity index (χ3n) is 7.49. The van der Waals surface area contributed by atoms with Gasteiger partial charge in [-0.1, -0.05) is 37.5 Å². The van der Waals surface area contributed by atoms with Gasteiger partial charge in [0, 0.05) is 30.2 Å². The lowest BCUT2D eigenvalue weighted by Gasteiger charge is -2.30. The van der Waals surface area contributed by atoms with E-state index in [4.69, 9.17) is 21.9 Å². The van der Waals surface area contributed by atoms with Crippen molar-refractivity contribution in [1.82, 2.24) is 19.8 Å². The van der Waals surface area contributed by atoms with Gasteiger partial charge in [0.05, 0.1) is 24.9 Å². The molecule has 0 bridgehead atoms. The van der Waals surface area contributed by atoms with Crippen LogP contribution in [-0.2, 0) is 6.54 Å². The quantitative estimate of drug-likeness (QED) is 0.432. The molecule has 1 saturated carbocycles. The Bertz CT molecular complexity index is 1140. The van der Waals surface area contributed by atoms with Crippen molar-refractivity contribution >= 4 is 17.3 Å². The second-order valence-corrected chi connectivity index (χ2v) is 9.98. The van der Waals surface area contributed by atoms with Crippen LogP contribution in [0.5, 0.6) is 5.75 Å². The summed E-state index contributed by atoms with van der Waals surface area (Å²) in [5.41, 5.74) is 6.29. The van der Waals surface area contributed by atoms with Gasteiger partial charge < -0.3 is 19.5 Å². The van der Waals surface area contributed by atoms with Crippen LogP contribution in [0.1, 0.15) is 78.4 Å². The molecule has 1 saturated heterocycles. The first-order chi connectivity index (χ1) is 16.6. The van der Waals surface area contributed by atoms with E-state index in [1.807, 2.05) is 24.4 Å². The average Bonchev–Trinajstić information content (AvgIpc) is 3.35. The number of nitrogens with zero attached hydrogens (tertiary/aromatic N) is 3. The van der Waals surface area contributed by atoms with E-state index in [1.54, 1.807) is 7.11 Å². The van der Waals surface area contributed by atoms with E-state index in [9.17, 15) is 0 Å². The molecule has 178 valence electrons. The minimum absolute atomic E-state index is 0.00672. The fourth-order valence-electron chi connectivity index (χ4n) is 5.85. The molecule has 1 aliphatic carbocycles. The molecular weight excluding hydrogens is 440 g/mol. The Kier molecular flexibility index (Phi) is 6.59. The Hall–Kier alpha value is -2.86. The molecule has 1 aliphatic heterocycles. The molecule has 0 unspecified atom stereocenters. The van der Waals surface area contributed by atoms with E-state index in [0.29, 0.717) is 6.04 Å². The Balaban J connectivity index is 1.54. The van der Waals surface area contributed by atoms with Gasteiger partial charge in [-0.25, -0.2) is 0 Å². The summed E-state index contributed by atoms with van der Waals surface area (Å²) in [6.07, 6.45) is 8.43. The van der Waals surface area contributed by atoms with Crippen LogP contribution in [0.4, 0.5) is 0 Å². The van der Waals surface area contributed by atoms with E-state index >= 15 is 0 Å². The summed E-state index contributed by atoms with van der Waals surface area (Å²) < 4.78 is 7.95. The number of benzene rings is 1. The zero-order valence-corrected chi connectivity index (χ0v) is 21.1. The maximum absolute atomic E-state index is 5.91. The first-order valence-corrected chi connectivity index (χ1v) is 12.8. The van der Waals surface area contributed by atoms with E-state index in [-0.39, 0.29) is 12.1 Å². The summed E-state index contributed by atoms with van der Waals surface area (Å²) in [5.74, 6) is 0.866. The topological polar surface area (TPSA) is 42.3 Å².